The first-order valence-electron chi connectivity index (χ1n) is 20.9. The zero-order valence-electron chi connectivity index (χ0n) is 34.6. The van der Waals surface area contributed by atoms with Crippen molar-refractivity contribution in [2.75, 3.05) is 13.7 Å². The predicted molar refractivity (Wildman–Crippen MR) is 213 cm³/mol. The van der Waals surface area contributed by atoms with Gasteiger partial charge in [0.15, 0.2) is 11.4 Å². The highest BCUT2D eigenvalue weighted by molar-refractivity contribution is 7.91. The van der Waals surface area contributed by atoms with E-state index in [1.54, 1.807) is 13.0 Å². The maximum atomic E-state index is 14.9. The van der Waals surface area contributed by atoms with Crippen molar-refractivity contribution >= 4 is 44.7 Å². The zero-order valence-corrected chi connectivity index (χ0v) is 35.4. The number of amides is 4. The lowest BCUT2D eigenvalue weighted by molar-refractivity contribution is -0.147. The summed E-state index contributed by atoms with van der Waals surface area (Å²) >= 11 is 0. The number of halogens is 3. The monoisotopic (exact) mass is 875 g/mol. The van der Waals surface area contributed by atoms with Crippen LogP contribution in [0.4, 0.5) is 18.0 Å². The first-order valence-corrected chi connectivity index (χ1v) is 22.4. The molecule has 4 N–H and O–H groups in total. The molecule has 4 heterocycles. The van der Waals surface area contributed by atoms with E-state index in [1.165, 1.54) is 39.2 Å². The minimum absolute atomic E-state index is 0.0453. The molecular weight excluding hydrogens is 824 g/mol. The van der Waals surface area contributed by atoms with Crippen LogP contribution in [-0.2, 0) is 40.9 Å². The number of aromatic nitrogens is 1. The molecule has 1 aromatic heterocycles. The number of alkyl carbamates (subject to hydrolysis) is 1. The minimum Gasteiger partial charge on any atom is -0.497 e. The molecular formula is C42H52F3N5O10S. The molecule has 6 aliphatic rings. The van der Waals surface area contributed by atoms with Gasteiger partial charge in [-0.3, -0.25) is 19.1 Å². The van der Waals surface area contributed by atoms with Gasteiger partial charge in [-0.2, -0.15) is 13.2 Å². The number of nitrogens with one attached hydrogen (secondary N) is 3. The van der Waals surface area contributed by atoms with Gasteiger partial charge in [-0.25, -0.2) is 18.2 Å². The van der Waals surface area contributed by atoms with Crippen LogP contribution in [0.2, 0.25) is 0 Å². The summed E-state index contributed by atoms with van der Waals surface area (Å²) < 4.78 is 89.8. The largest absolute Gasteiger partial charge is 0.497 e. The summed E-state index contributed by atoms with van der Waals surface area (Å²) in [6.45, 7) is 4.13. The topological polar surface area (TPSA) is 203 Å². The number of hydrogen-bond acceptors (Lipinski definition) is 11. The number of benzene rings is 1. The van der Waals surface area contributed by atoms with Gasteiger partial charge >= 0.3 is 12.3 Å². The molecule has 1 saturated heterocycles. The number of aliphatic hydroxyl groups is 1. The second-order valence-corrected chi connectivity index (χ2v) is 20.8. The number of ether oxygens (including phenoxy) is 3. The van der Waals surface area contributed by atoms with E-state index in [4.69, 9.17) is 14.2 Å². The van der Waals surface area contributed by atoms with Crippen LogP contribution >= 0.6 is 0 Å². The normalized spacial score (nSPS) is 32.3. The maximum absolute atomic E-state index is 14.9. The van der Waals surface area contributed by atoms with Gasteiger partial charge in [0, 0.05) is 29.7 Å². The van der Waals surface area contributed by atoms with Crippen molar-refractivity contribution in [2.24, 2.45) is 5.92 Å². The summed E-state index contributed by atoms with van der Waals surface area (Å²) in [7, 11) is -2.75. The average Bonchev–Trinajstić information content (AvgIpc) is 4.06. The molecule has 6 atom stereocenters. The molecule has 3 aliphatic carbocycles. The van der Waals surface area contributed by atoms with Gasteiger partial charge in [-0.15, -0.1) is 0 Å². The third-order valence-corrected chi connectivity index (χ3v) is 15.8. The Morgan fingerprint density at radius 2 is 1.79 bits per heavy atom. The van der Waals surface area contributed by atoms with E-state index in [9.17, 15) is 45.9 Å². The zero-order chi connectivity index (χ0) is 44.0. The van der Waals surface area contributed by atoms with E-state index in [1.807, 2.05) is 6.08 Å². The highest BCUT2D eigenvalue weighted by Crippen LogP contribution is 2.55. The van der Waals surface area contributed by atoms with Crippen molar-refractivity contribution < 1.29 is 60.1 Å². The standard InChI is InChI=1S/C42H52F3N5O10S/c1-37(15-10-16-37)60-36(54)47-28-12-9-7-5-6-8-11-24-20-41(24,35(53)49-61(56,57)38(2)17-18-38)48-33(51)29-21-40(23-50(29)34(28)52)22-39(3,55)30-26-19-25(58-4)13-14-27(26)46-32(31(30)59-40)42(43,44)45/h8,11,13-14,19,24,28-29,55H,5-7,9-10,12,15-18,20-23H2,1-4H3,(H,47,54)(H,48,51)(H,49,53)/b11-8-/t24-,28+,29+,39-,40+,41-/m1/s1. The number of allylic oxidation sites excluding steroid dienone is 1. The van der Waals surface area contributed by atoms with Gasteiger partial charge in [-0.05, 0) is 96.8 Å². The van der Waals surface area contributed by atoms with E-state index in [-0.39, 0.29) is 41.5 Å². The molecule has 3 saturated carbocycles. The van der Waals surface area contributed by atoms with Crippen molar-refractivity contribution in [1.29, 1.82) is 0 Å². The number of sulfonamides is 1. The van der Waals surface area contributed by atoms with Crippen LogP contribution in [0.5, 0.6) is 11.5 Å². The molecule has 0 unspecified atom stereocenters. The van der Waals surface area contributed by atoms with Crippen LogP contribution in [0, 0.1) is 5.92 Å². The highest BCUT2D eigenvalue weighted by atomic mass is 32.2. The number of methoxy groups -OCH3 is 1. The van der Waals surface area contributed by atoms with Gasteiger partial charge in [0.05, 0.1) is 29.5 Å². The summed E-state index contributed by atoms with van der Waals surface area (Å²) in [6.07, 6.45) is 2.27. The van der Waals surface area contributed by atoms with Crippen molar-refractivity contribution in [3.63, 3.8) is 0 Å². The smallest absolute Gasteiger partial charge is 0.437 e. The molecule has 4 fully saturated rings. The summed E-state index contributed by atoms with van der Waals surface area (Å²) in [6, 6.07) is 1.47. The van der Waals surface area contributed by atoms with Crippen LogP contribution < -0.4 is 24.8 Å². The molecule has 3 aliphatic heterocycles. The quantitative estimate of drug-likeness (QED) is 0.284. The van der Waals surface area contributed by atoms with Gasteiger partial charge in [0.25, 0.3) is 5.91 Å². The fourth-order valence-electron chi connectivity index (χ4n) is 9.51. The maximum Gasteiger partial charge on any atom is 0.437 e. The minimum atomic E-state index is -5.07. The Bertz CT molecular complexity index is 2310. The molecule has 15 nitrogen and oxygen atoms in total. The number of hydrogen-bond donors (Lipinski definition) is 4. The molecule has 8 rings (SSSR count). The predicted octanol–water partition coefficient (Wildman–Crippen LogP) is 5.02. The lowest BCUT2D eigenvalue weighted by Gasteiger charge is -2.44. The first-order chi connectivity index (χ1) is 28.5. The van der Waals surface area contributed by atoms with Crippen molar-refractivity contribution in [2.45, 2.75) is 150 Å². The Morgan fingerprint density at radius 3 is 2.44 bits per heavy atom. The second kappa shape index (κ2) is 14.7. The summed E-state index contributed by atoms with van der Waals surface area (Å²) in [4.78, 5) is 62.0. The Kier molecular flexibility index (Phi) is 10.4. The SMILES string of the molecule is COc1ccc2nc(C(F)(F)F)c3c(c2c1)[C@](C)(O)C[C@]1(C[C@H]2C(=O)N[C@]4(C(=O)NS(=O)(=O)C5(C)CC5)C[C@H]4/C=C\CCCCC[C@H](NC(=O)OC4(C)CCC4)C(=O)N2C1)O3. The molecule has 1 aromatic carbocycles. The summed E-state index contributed by atoms with van der Waals surface area (Å²) in [5.41, 5.74) is -8.03. The van der Waals surface area contributed by atoms with Gasteiger partial charge < -0.3 is 34.9 Å². The van der Waals surface area contributed by atoms with E-state index >= 15 is 0 Å². The molecule has 2 aromatic rings. The number of carbonyl (C=O) groups is 4. The van der Waals surface area contributed by atoms with Crippen LogP contribution in [0.3, 0.4) is 0 Å². The first kappa shape index (κ1) is 43.0. The number of nitrogens with zero attached hydrogens (tertiary/aromatic N) is 2. The van der Waals surface area contributed by atoms with Crippen molar-refractivity contribution in [1.82, 2.24) is 25.2 Å². The summed E-state index contributed by atoms with van der Waals surface area (Å²) in [5, 5.41) is 17.9. The lowest BCUT2D eigenvalue weighted by Crippen LogP contribution is -2.59. The van der Waals surface area contributed by atoms with Crippen LogP contribution in [0.15, 0.2) is 30.4 Å². The van der Waals surface area contributed by atoms with Gasteiger partial charge in [0.1, 0.15) is 34.6 Å². The fourth-order valence-corrected chi connectivity index (χ4v) is 10.8. The average molecular weight is 876 g/mol. The van der Waals surface area contributed by atoms with Crippen LogP contribution in [0.1, 0.15) is 115 Å². The number of alkyl halides is 3. The number of carbonyl (C=O) groups excluding carboxylic acids is 4. The van der Waals surface area contributed by atoms with Gasteiger partial charge in [-0.1, -0.05) is 25.0 Å². The Balaban J connectivity index is 1.19. The number of pyridine rings is 1. The summed E-state index contributed by atoms with van der Waals surface area (Å²) in [5.74, 6) is -3.67. The Morgan fingerprint density at radius 1 is 1.05 bits per heavy atom. The van der Waals surface area contributed by atoms with Gasteiger partial charge in [0.2, 0.25) is 21.8 Å². The molecule has 0 radical (unpaired) electrons. The second-order valence-electron chi connectivity index (χ2n) is 18.6. The molecule has 0 bridgehead atoms. The third-order valence-electron chi connectivity index (χ3n) is 13.6. The fraction of sp³-hybridized carbons (Fsp3) is 0.643. The number of fused-ring (bicyclic) bond motifs is 5. The van der Waals surface area contributed by atoms with E-state index < -0.39 is 110 Å². The van der Waals surface area contributed by atoms with Crippen LogP contribution in [-0.4, -0.2) is 94.4 Å². The molecule has 1 spiro atoms. The van der Waals surface area contributed by atoms with Crippen molar-refractivity contribution in [3.8, 4) is 11.5 Å². The highest BCUT2D eigenvalue weighted by Gasteiger charge is 2.65. The Labute approximate surface area is 351 Å². The van der Waals surface area contributed by atoms with E-state index in [0.717, 1.165) is 11.3 Å². The molecule has 332 valence electrons. The van der Waals surface area contributed by atoms with Crippen LogP contribution in [0.25, 0.3) is 10.9 Å². The molecule has 19 heteroatoms. The lowest BCUT2D eigenvalue weighted by atomic mass is 9.77. The molecule has 61 heavy (non-hydrogen) atoms. The third kappa shape index (κ3) is 7.88. The molecule has 4 amide bonds. The van der Waals surface area contributed by atoms with E-state index in [2.05, 4.69) is 20.3 Å². The van der Waals surface area contributed by atoms with Crippen molar-refractivity contribution in [3.05, 3.63) is 41.6 Å². The van der Waals surface area contributed by atoms with E-state index in [0.29, 0.717) is 51.4 Å². The Hall–Kier alpha value is -4.65. The number of rotatable bonds is 6.